The molecule has 0 aliphatic carbocycles. The fourth-order valence-corrected chi connectivity index (χ4v) is 5.30. The highest BCUT2D eigenvalue weighted by molar-refractivity contribution is 7.92. The normalized spacial score (nSPS) is 14.8. The lowest BCUT2D eigenvalue weighted by atomic mass is 10.1. The van der Waals surface area contributed by atoms with Gasteiger partial charge in [-0.2, -0.15) is 4.98 Å². The average Bonchev–Trinajstić information content (AvgIpc) is 2.79. The van der Waals surface area contributed by atoms with Crippen molar-refractivity contribution in [3.8, 4) is 0 Å². The Morgan fingerprint density at radius 2 is 1.61 bits per heavy atom. The van der Waals surface area contributed by atoms with E-state index in [9.17, 15) is 8.42 Å². The molecule has 3 aromatic carbocycles. The average molecular weight is 434 g/mol. The lowest BCUT2D eigenvalue weighted by molar-refractivity contribution is 0.586. The molecule has 0 spiro atoms. The number of piperazine rings is 1. The highest BCUT2D eigenvalue weighted by Crippen LogP contribution is 2.29. The van der Waals surface area contributed by atoms with Gasteiger partial charge in [0.25, 0.3) is 10.0 Å². The molecule has 0 bridgehead atoms. The van der Waals surface area contributed by atoms with Crippen molar-refractivity contribution in [3.63, 3.8) is 0 Å². The van der Waals surface area contributed by atoms with E-state index in [0.29, 0.717) is 11.1 Å². The maximum absolute atomic E-state index is 13.3. The molecule has 1 fully saturated rings. The summed E-state index contributed by atoms with van der Waals surface area (Å²) < 4.78 is 29.2. The van der Waals surface area contributed by atoms with Gasteiger partial charge in [0.1, 0.15) is 5.82 Å². The van der Waals surface area contributed by atoms with Crippen LogP contribution in [0.3, 0.4) is 0 Å². The van der Waals surface area contributed by atoms with Gasteiger partial charge in [-0.1, -0.05) is 42.5 Å². The lowest BCUT2D eigenvalue weighted by Crippen LogP contribution is -2.44. The third kappa shape index (κ3) is 3.68. The Bertz CT molecular complexity index is 1380. The van der Waals surface area contributed by atoms with Crippen LogP contribution in [0.4, 0.5) is 11.8 Å². The number of nitrogens with zero attached hydrogens (tertiary/aromatic N) is 3. The van der Waals surface area contributed by atoms with E-state index in [0.717, 1.165) is 48.2 Å². The summed E-state index contributed by atoms with van der Waals surface area (Å²) in [5.74, 6) is 0.833. The molecule has 8 heteroatoms. The molecule has 0 unspecified atom stereocenters. The first-order chi connectivity index (χ1) is 15.0. The summed E-state index contributed by atoms with van der Waals surface area (Å²) in [5.41, 5.74) is 1.41. The first-order valence-corrected chi connectivity index (χ1v) is 11.7. The highest BCUT2D eigenvalue weighted by atomic mass is 32.2. The van der Waals surface area contributed by atoms with Gasteiger partial charge < -0.3 is 10.2 Å². The van der Waals surface area contributed by atoms with Gasteiger partial charge in [0.05, 0.1) is 10.4 Å². The zero-order valence-corrected chi connectivity index (χ0v) is 18.0. The second-order valence-electron chi connectivity index (χ2n) is 7.64. The molecule has 0 atom stereocenters. The molecule has 1 aliphatic rings. The topological polar surface area (TPSA) is 87.2 Å². The van der Waals surface area contributed by atoms with Crippen LogP contribution >= 0.6 is 0 Å². The van der Waals surface area contributed by atoms with Crippen molar-refractivity contribution >= 4 is 43.5 Å². The largest absolute Gasteiger partial charge is 0.353 e. The van der Waals surface area contributed by atoms with Crippen molar-refractivity contribution in [2.45, 2.75) is 11.8 Å². The van der Waals surface area contributed by atoms with Crippen molar-refractivity contribution < 1.29 is 8.42 Å². The minimum absolute atomic E-state index is 0.0831. The van der Waals surface area contributed by atoms with E-state index in [1.165, 1.54) is 0 Å². The summed E-state index contributed by atoms with van der Waals surface area (Å²) >= 11 is 0. The van der Waals surface area contributed by atoms with Gasteiger partial charge in [-0.25, -0.2) is 18.1 Å². The van der Waals surface area contributed by atoms with Crippen LogP contribution < -0.4 is 14.9 Å². The Morgan fingerprint density at radius 3 is 2.42 bits per heavy atom. The molecule has 0 saturated carbocycles. The van der Waals surface area contributed by atoms with Gasteiger partial charge in [0.2, 0.25) is 5.95 Å². The summed E-state index contributed by atoms with van der Waals surface area (Å²) in [6, 6.07) is 18.9. The van der Waals surface area contributed by atoms with Crippen molar-refractivity contribution in [2.24, 2.45) is 0 Å². The molecule has 4 aromatic rings. The Balaban J connectivity index is 1.58. The maximum atomic E-state index is 13.3. The van der Waals surface area contributed by atoms with Crippen molar-refractivity contribution in [1.82, 2.24) is 15.3 Å². The Kier molecular flexibility index (Phi) is 4.95. The number of hydrogen-bond donors (Lipinski definition) is 2. The first kappa shape index (κ1) is 19.7. The molecule has 1 saturated heterocycles. The van der Waals surface area contributed by atoms with Crippen LogP contribution in [0.2, 0.25) is 0 Å². The zero-order chi connectivity index (χ0) is 21.4. The van der Waals surface area contributed by atoms with Crippen molar-refractivity contribution in [3.05, 3.63) is 66.2 Å². The number of rotatable bonds is 4. The fraction of sp³-hybridized carbons (Fsp3) is 0.217. The van der Waals surface area contributed by atoms with Gasteiger partial charge in [-0.15, -0.1) is 0 Å². The predicted molar refractivity (Wildman–Crippen MR) is 124 cm³/mol. The third-order valence-corrected chi connectivity index (χ3v) is 7.14. The van der Waals surface area contributed by atoms with E-state index in [1.807, 2.05) is 61.5 Å². The van der Waals surface area contributed by atoms with Gasteiger partial charge in [-0.05, 0) is 41.5 Å². The molecular formula is C23H23N5O2S. The third-order valence-electron chi connectivity index (χ3n) is 5.66. The quantitative estimate of drug-likeness (QED) is 0.514. The number of aromatic nitrogens is 2. The molecule has 5 rings (SSSR count). The Hall–Kier alpha value is -3.23. The zero-order valence-electron chi connectivity index (χ0n) is 17.2. The van der Waals surface area contributed by atoms with Gasteiger partial charge >= 0.3 is 0 Å². The Labute approximate surface area is 181 Å². The number of nitrogens with one attached hydrogen (secondary N) is 2. The van der Waals surface area contributed by atoms with E-state index in [1.54, 1.807) is 6.07 Å². The van der Waals surface area contributed by atoms with E-state index in [4.69, 9.17) is 0 Å². The van der Waals surface area contributed by atoms with Gasteiger partial charge in [-0.3, -0.25) is 0 Å². The molecular weight excluding hydrogens is 410 g/mol. The SMILES string of the molecule is Cc1c(S(=O)(=O)Nc2nc(N3CCNCC3)c3ccccc3n2)ccc2ccccc12. The summed E-state index contributed by atoms with van der Waals surface area (Å²) in [4.78, 5) is 11.5. The predicted octanol–water partition coefficient (Wildman–Crippen LogP) is 3.30. The first-order valence-electron chi connectivity index (χ1n) is 10.3. The monoisotopic (exact) mass is 433 g/mol. The van der Waals surface area contributed by atoms with E-state index < -0.39 is 10.0 Å². The smallest absolute Gasteiger partial charge is 0.264 e. The van der Waals surface area contributed by atoms with Gasteiger partial charge in [0, 0.05) is 31.6 Å². The van der Waals surface area contributed by atoms with Crippen molar-refractivity contribution in [2.75, 3.05) is 35.8 Å². The van der Waals surface area contributed by atoms with Crippen LogP contribution in [-0.2, 0) is 10.0 Å². The minimum Gasteiger partial charge on any atom is -0.353 e. The van der Waals surface area contributed by atoms with Crippen molar-refractivity contribution in [1.29, 1.82) is 0 Å². The standard InChI is InChI=1S/C23H23N5O2S/c1-16-18-7-3-2-6-17(18)10-11-21(16)31(29,30)27-23-25-20-9-5-4-8-19(20)22(26-23)28-14-12-24-13-15-28/h2-11,24H,12-15H2,1H3,(H,25,26,27). The van der Waals surface area contributed by atoms with Crippen LogP contribution in [0.5, 0.6) is 0 Å². The second-order valence-corrected chi connectivity index (χ2v) is 9.29. The van der Waals surface area contributed by atoms with Crippen LogP contribution in [0.25, 0.3) is 21.7 Å². The van der Waals surface area contributed by atoms with E-state index >= 15 is 0 Å². The van der Waals surface area contributed by atoms with Crippen LogP contribution in [0, 0.1) is 6.92 Å². The van der Waals surface area contributed by atoms with E-state index in [2.05, 4.69) is 24.9 Å². The highest BCUT2D eigenvalue weighted by Gasteiger charge is 2.22. The van der Waals surface area contributed by atoms with E-state index in [-0.39, 0.29) is 10.8 Å². The van der Waals surface area contributed by atoms with Crippen LogP contribution in [-0.4, -0.2) is 44.6 Å². The Morgan fingerprint density at radius 1 is 0.903 bits per heavy atom. The summed E-state index contributed by atoms with van der Waals surface area (Å²) in [5, 5.41) is 6.15. The molecule has 1 aliphatic heterocycles. The molecule has 0 radical (unpaired) electrons. The molecule has 158 valence electrons. The number of para-hydroxylation sites is 1. The molecule has 7 nitrogen and oxygen atoms in total. The van der Waals surface area contributed by atoms with Crippen LogP contribution in [0.1, 0.15) is 5.56 Å². The summed E-state index contributed by atoms with van der Waals surface area (Å²) in [7, 11) is -3.86. The number of sulfonamides is 1. The summed E-state index contributed by atoms with van der Waals surface area (Å²) in [6.07, 6.45) is 0. The lowest BCUT2D eigenvalue weighted by Gasteiger charge is -2.29. The van der Waals surface area contributed by atoms with Crippen LogP contribution in [0.15, 0.2) is 65.6 Å². The number of aryl methyl sites for hydroxylation is 1. The second kappa shape index (κ2) is 7.79. The number of hydrogen-bond acceptors (Lipinski definition) is 6. The van der Waals surface area contributed by atoms with Gasteiger partial charge in [0.15, 0.2) is 0 Å². The number of anilines is 2. The minimum atomic E-state index is -3.86. The molecule has 31 heavy (non-hydrogen) atoms. The number of fused-ring (bicyclic) bond motifs is 2. The molecule has 1 aromatic heterocycles. The molecule has 0 amide bonds. The fourth-order valence-electron chi connectivity index (χ4n) is 4.10. The summed E-state index contributed by atoms with van der Waals surface area (Å²) in [6.45, 7) is 5.14. The molecule has 2 heterocycles. The number of benzene rings is 3. The molecule has 2 N–H and O–H groups in total. The maximum Gasteiger partial charge on any atom is 0.264 e.